The highest BCUT2D eigenvalue weighted by atomic mass is 35.5. The smallest absolute Gasteiger partial charge is 0.266 e. The van der Waals surface area contributed by atoms with Crippen LogP contribution in [0.1, 0.15) is 16.7 Å². The average molecular weight is 630 g/mol. The van der Waals surface area contributed by atoms with Gasteiger partial charge in [-0.3, -0.25) is 4.79 Å². The van der Waals surface area contributed by atoms with E-state index in [1.165, 1.54) is 0 Å². The standard InChI is InChI=1S/C38H26Cl2N2O3/c39-30-14-12-28(36(40)21-30)24-44-32-17-15-31(16-18-32)42-38(43)29(22-41)20-35-34-11-4-2-7-26(34)13-19-37(35)45-23-27-9-5-8-25-6-1-3-10-33(25)27/h1-21H,23-24H2,(H,42,43)/b29-20+. The molecule has 45 heavy (non-hydrogen) atoms. The van der Waals surface area contributed by atoms with Crippen LogP contribution in [-0.2, 0) is 18.0 Å². The Morgan fingerprint density at radius 1 is 0.733 bits per heavy atom. The summed E-state index contributed by atoms with van der Waals surface area (Å²) < 4.78 is 12.2. The maximum absolute atomic E-state index is 13.3. The molecule has 0 fully saturated rings. The van der Waals surface area contributed by atoms with Gasteiger partial charge in [0.2, 0.25) is 0 Å². The zero-order valence-corrected chi connectivity index (χ0v) is 25.5. The van der Waals surface area contributed by atoms with Crippen LogP contribution in [0, 0.1) is 11.3 Å². The third-order valence-corrected chi connectivity index (χ3v) is 7.96. The summed E-state index contributed by atoms with van der Waals surface area (Å²) in [5, 5.41) is 18.0. The van der Waals surface area contributed by atoms with Gasteiger partial charge in [0.25, 0.3) is 5.91 Å². The maximum atomic E-state index is 13.3. The van der Waals surface area contributed by atoms with Gasteiger partial charge in [-0.1, -0.05) is 102 Å². The summed E-state index contributed by atoms with van der Waals surface area (Å²) in [7, 11) is 0. The first kappa shape index (κ1) is 29.8. The normalized spacial score (nSPS) is 11.3. The third kappa shape index (κ3) is 6.94. The number of amides is 1. The Hall–Kier alpha value is -5.28. The lowest BCUT2D eigenvalue weighted by atomic mass is 10.0. The van der Waals surface area contributed by atoms with Crippen LogP contribution in [-0.4, -0.2) is 5.91 Å². The van der Waals surface area contributed by atoms with Gasteiger partial charge in [-0.2, -0.15) is 5.26 Å². The molecule has 0 aliphatic rings. The van der Waals surface area contributed by atoms with Crippen molar-refractivity contribution in [1.82, 2.24) is 0 Å². The molecule has 1 amide bonds. The lowest BCUT2D eigenvalue weighted by Crippen LogP contribution is -2.13. The summed E-state index contributed by atoms with van der Waals surface area (Å²) in [4.78, 5) is 13.3. The highest BCUT2D eigenvalue weighted by Crippen LogP contribution is 2.32. The zero-order valence-electron chi connectivity index (χ0n) is 24.0. The summed E-state index contributed by atoms with van der Waals surface area (Å²) in [6.07, 6.45) is 1.59. The molecule has 6 aromatic rings. The summed E-state index contributed by atoms with van der Waals surface area (Å²) in [6, 6.07) is 40.1. The Labute approximate surface area is 270 Å². The minimum atomic E-state index is -0.535. The molecule has 1 N–H and O–H groups in total. The second-order valence-corrected chi connectivity index (χ2v) is 11.1. The van der Waals surface area contributed by atoms with Gasteiger partial charge in [-0.15, -0.1) is 0 Å². The Morgan fingerprint density at radius 2 is 1.42 bits per heavy atom. The molecule has 0 saturated carbocycles. The van der Waals surface area contributed by atoms with Crippen molar-refractivity contribution in [2.24, 2.45) is 0 Å². The Morgan fingerprint density at radius 3 is 2.18 bits per heavy atom. The van der Waals surface area contributed by atoms with Gasteiger partial charge in [0.15, 0.2) is 0 Å². The van der Waals surface area contributed by atoms with Crippen LogP contribution in [0.5, 0.6) is 11.5 Å². The van der Waals surface area contributed by atoms with Crippen molar-refractivity contribution >= 4 is 62.4 Å². The van der Waals surface area contributed by atoms with E-state index in [0.717, 1.165) is 32.7 Å². The van der Waals surface area contributed by atoms with E-state index in [4.69, 9.17) is 32.7 Å². The average Bonchev–Trinajstić information content (AvgIpc) is 3.06. The molecule has 0 aliphatic heterocycles. The van der Waals surface area contributed by atoms with Crippen LogP contribution in [0.25, 0.3) is 27.6 Å². The van der Waals surface area contributed by atoms with E-state index in [1.807, 2.05) is 66.7 Å². The molecule has 0 unspecified atom stereocenters. The second kappa shape index (κ2) is 13.6. The van der Waals surface area contributed by atoms with Crippen molar-refractivity contribution in [3.63, 3.8) is 0 Å². The number of carbonyl (C=O) groups excluding carboxylic acids is 1. The number of nitrogens with zero attached hydrogens (tertiary/aromatic N) is 1. The van der Waals surface area contributed by atoms with Crippen molar-refractivity contribution in [1.29, 1.82) is 5.26 Å². The number of hydrogen-bond acceptors (Lipinski definition) is 4. The lowest BCUT2D eigenvalue weighted by molar-refractivity contribution is -0.112. The van der Waals surface area contributed by atoms with Crippen LogP contribution in [0.15, 0.2) is 127 Å². The van der Waals surface area contributed by atoms with Gasteiger partial charge in [0, 0.05) is 26.9 Å². The molecule has 5 nitrogen and oxygen atoms in total. The van der Waals surface area contributed by atoms with Crippen LogP contribution in [0.4, 0.5) is 5.69 Å². The third-order valence-electron chi connectivity index (χ3n) is 7.37. The minimum Gasteiger partial charge on any atom is -0.489 e. The van der Waals surface area contributed by atoms with Crippen LogP contribution in [0.3, 0.4) is 0 Å². The molecule has 0 bridgehead atoms. The van der Waals surface area contributed by atoms with Crippen LogP contribution in [0.2, 0.25) is 10.0 Å². The Balaban J connectivity index is 1.21. The van der Waals surface area contributed by atoms with Gasteiger partial charge >= 0.3 is 0 Å². The molecule has 0 atom stereocenters. The van der Waals surface area contributed by atoms with Crippen LogP contribution < -0.4 is 14.8 Å². The molecule has 6 rings (SSSR count). The monoisotopic (exact) mass is 628 g/mol. The summed E-state index contributed by atoms with van der Waals surface area (Å²) in [5.41, 5.74) is 2.96. The Kier molecular flexibility index (Phi) is 8.98. The highest BCUT2D eigenvalue weighted by Gasteiger charge is 2.15. The number of ether oxygens (including phenoxy) is 2. The molecular weight excluding hydrogens is 603 g/mol. The molecule has 0 spiro atoms. The topological polar surface area (TPSA) is 71.3 Å². The van der Waals surface area contributed by atoms with Crippen molar-refractivity contribution in [3.8, 4) is 17.6 Å². The summed E-state index contributed by atoms with van der Waals surface area (Å²) in [5.74, 6) is 0.635. The predicted octanol–water partition coefficient (Wildman–Crippen LogP) is 10.0. The first-order valence-electron chi connectivity index (χ1n) is 14.2. The fourth-order valence-electron chi connectivity index (χ4n) is 5.05. The van der Waals surface area contributed by atoms with E-state index in [-0.39, 0.29) is 12.2 Å². The van der Waals surface area contributed by atoms with E-state index in [0.29, 0.717) is 39.4 Å². The number of benzene rings is 6. The molecule has 220 valence electrons. The number of anilines is 1. The molecule has 0 saturated heterocycles. The first-order valence-corrected chi connectivity index (χ1v) is 15.0. The van der Waals surface area contributed by atoms with E-state index in [2.05, 4.69) is 29.6 Å². The number of hydrogen-bond donors (Lipinski definition) is 1. The maximum Gasteiger partial charge on any atom is 0.266 e. The van der Waals surface area contributed by atoms with E-state index in [9.17, 15) is 10.1 Å². The summed E-state index contributed by atoms with van der Waals surface area (Å²) >= 11 is 12.2. The number of rotatable bonds is 9. The molecule has 7 heteroatoms. The second-order valence-electron chi connectivity index (χ2n) is 10.3. The fourth-order valence-corrected chi connectivity index (χ4v) is 5.51. The van der Waals surface area contributed by atoms with E-state index < -0.39 is 5.91 Å². The van der Waals surface area contributed by atoms with Gasteiger partial charge < -0.3 is 14.8 Å². The molecule has 0 heterocycles. The first-order chi connectivity index (χ1) is 22.0. The number of nitriles is 1. The molecule has 0 aromatic heterocycles. The Bertz CT molecular complexity index is 2090. The van der Waals surface area contributed by atoms with E-state index >= 15 is 0 Å². The van der Waals surface area contributed by atoms with Gasteiger partial charge in [0.1, 0.15) is 36.4 Å². The predicted molar refractivity (Wildman–Crippen MR) is 182 cm³/mol. The lowest BCUT2D eigenvalue weighted by Gasteiger charge is -2.14. The quantitative estimate of drug-likeness (QED) is 0.128. The van der Waals surface area contributed by atoms with Crippen molar-refractivity contribution in [2.75, 3.05) is 5.32 Å². The molecule has 6 aromatic carbocycles. The number of carbonyl (C=O) groups is 1. The van der Waals surface area contributed by atoms with Gasteiger partial charge in [-0.05, 0) is 75.6 Å². The largest absolute Gasteiger partial charge is 0.489 e. The summed E-state index contributed by atoms with van der Waals surface area (Å²) in [6.45, 7) is 0.590. The number of halogens is 2. The zero-order chi connectivity index (χ0) is 31.2. The minimum absolute atomic E-state index is 0.0564. The van der Waals surface area contributed by atoms with Gasteiger partial charge in [-0.25, -0.2) is 0 Å². The number of fused-ring (bicyclic) bond motifs is 2. The van der Waals surface area contributed by atoms with Crippen molar-refractivity contribution in [2.45, 2.75) is 13.2 Å². The van der Waals surface area contributed by atoms with Crippen LogP contribution >= 0.6 is 23.2 Å². The van der Waals surface area contributed by atoms with E-state index in [1.54, 1.807) is 42.5 Å². The molecular formula is C38H26Cl2N2O3. The number of nitrogens with one attached hydrogen (secondary N) is 1. The highest BCUT2D eigenvalue weighted by molar-refractivity contribution is 6.35. The SMILES string of the molecule is N#C/C(=C\c1c(OCc2cccc3ccccc23)ccc2ccccc12)C(=O)Nc1ccc(OCc2ccc(Cl)cc2Cl)cc1. The van der Waals surface area contributed by atoms with Crippen molar-refractivity contribution in [3.05, 3.63) is 154 Å². The molecule has 0 radical (unpaired) electrons. The van der Waals surface area contributed by atoms with Crippen molar-refractivity contribution < 1.29 is 14.3 Å². The molecule has 0 aliphatic carbocycles. The van der Waals surface area contributed by atoms with Gasteiger partial charge in [0.05, 0.1) is 0 Å². The fraction of sp³-hybridized carbons (Fsp3) is 0.0526.